The van der Waals surface area contributed by atoms with Gasteiger partial charge in [0.25, 0.3) is 0 Å². The molecule has 2 aromatic rings. The van der Waals surface area contributed by atoms with E-state index in [1.54, 1.807) is 12.3 Å². The van der Waals surface area contributed by atoms with Gasteiger partial charge in [-0.05, 0) is 36.4 Å². The molecular formula is C14H13Cl3N2. The highest BCUT2D eigenvalue weighted by Crippen LogP contribution is 2.23. The predicted octanol–water partition coefficient (Wildman–Crippen LogP) is 4.67. The minimum Gasteiger partial charge on any atom is -0.298 e. The SMILES string of the molecule is CN(Cc1ccc(Cl)nc1)Cc1ccc(Cl)c(Cl)c1. The van der Waals surface area contributed by atoms with Crippen molar-refractivity contribution in [2.75, 3.05) is 7.05 Å². The Balaban J connectivity index is 1.98. The first-order chi connectivity index (χ1) is 9.04. The fourth-order valence-corrected chi connectivity index (χ4v) is 2.25. The average Bonchev–Trinajstić information content (AvgIpc) is 2.37. The van der Waals surface area contributed by atoms with E-state index in [0.717, 1.165) is 24.2 Å². The van der Waals surface area contributed by atoms with Gasteiger partial charge in [-0.3, -0.25) is 4.90 Å². The summed E-state index contributed by atoms with van der Waals surface area (Å²) in [5.41, 5.74) is 2.24. The van der Waals surface area contributed by atoms with Gasteiger partial charge in [-0.15, -0.1) is 0 Å². The molecule has 0 saturated carbocycles. The standard InChI is InChI=1S/C14H13Cl3N2/c1-19(9-11-3-5-14(17)18-7-11)8-10-2-4-12(15)13(16)6-10/h2-7H,8-9H2,1H3. The highest BCUT2D eigenvalue weighted by atomic mass is 35.5. The van der Waals surface area contributed by atoms with Crippen LogP contribution in [-0.4, -0.2) is 16.9 Å². The maximum atomic E-state index is 6.00. The van der Waals surface area contributed by atoms with Gasteiger partial charge in [0.05, 0.1) is 10.0 Å². The van der Waals surface area contributed by atoms with Crippen LogP contribution in [0.25, 0.3) is 0 Å². The van der Waals surface area contributed by atoms with Crippen LogP contribution in [0.3, 0.4) is 0 Å². The maximum Gasteiger partial charge on any atom is 0.129 e. The fraction of sp³-hybridized carbons (Fsp3) is 0.214. The van der Waals surface area contributed by atoms with Gasteiger partial charge in [0.15, 0.2) is 0 Å². The number of aromatic nitrogens is 1. The van der Waals surface area contributed by atoms with Crippen molar-refractivity contribution in [3.8, 4) is 0 Å². The van der Waals surface area contributed by atoms with Crippen LogP contribution in [0, 0.1) is 0 Å². The summed E-state index contributed by atoms with van der Waals surface area (Å²) < 4.78 is 0. The van der Waals surface area contributed by atoms with Crippen LogP contribution in [0.1, 0.15) is 11.1 Å². The third kappa shape index (κ3) is 4.36. The number of nitrogens with zero attached hydrogens (tertiary/aromatic N) is 2. The lowest BCUT2D eigenvalue weighted by atomic mass is 10.2. The van der Waals surface area contributed by atoms with Gasteiger partial charge < -0.3 is 0 Å². The van der Waals surface area contributed by atoms with Gasteiger partial charge in [0.1, 0.15) is 5.15 Å². The number of benzene rings is 1. The smallest absolute Gasteiger partial charge is 0.129 e. The second kappa shape index (κ2) is 6.58. The van der Waals surface area contributed by atoms with E-state index in [9.17, 15) is 0 Å². The van der Waals surface area contributed by atoms with Crippen LogP contribution in [0.4, 0.5) is 0 Å². The quantitative estimate of drug-likeness (QED) is 0.762. The second-order valence-electron chi connectivity index (χ2n) is 4.41. The lowest BCUT2D eigenvalue weighted by Crippen LogP contribution is -2.17. The molecule has 0 amide bonds. The first-order valence-electron chi connectivity index (χ1n) is 5.77. The van der Waals surface area contributed by atoms with Crippen LogP contribution in [0.2, 0.25) is 15.2 Å². The molecule has 19 heavy (non-hydrogen) atoms. The molecule has 1 heterocycles. The van der Waals surface area contributed by atoms with Crippen molar-refractivity contribution in [2.45, 2.75) is 13.1 Å². The van der Waals surface area contributed by atoms with Gasteiger partial charge in [0.2, 0.25) is 0 Å². The normalized spacial score (nSPS) is 11.0. The number of halogens is 3. The third-order valence-corrected chi connectivity index (χ3v) is 3.64. The second-order valence-corrected chi connectivity index (χ2v) is 5.61. The van der Waals surface area contributed by atoms with E-state index in [1.165, 1.54) is 0 Å². The molecule has 0 atom stereocenters. The van der Waals surface area contributed by atoms with E-state index in [0.29, 0.717) is 15.2 Å². The number of pyridine rings is 1. The summed E-state index contributed by atoms with van der Waals surface area (Å²) in [6.45, 7) is 1.59. The zero-order valence-corrected chi connectivity index (χ0v) is 12.7. The zero-order valence-electron chi connectivity index (χ0n) is 10.4. The molecule has 0 fully saturated rings. The molecule has 0 bridgehead atoms. The Morgan fingerprint density at radius 1 is 0.947 bits per heavy atom. The van der Waals surface area contributed by atoms with E-state index < -0.39 is 0 Å². The summed E-state index contributed by atoms with van der Waals surface area (Å²) in [5, 5.41) is 1.67. The topological polar surface area (TPSA) is 16.1 Å². The van der Waals surface area contributed by atoms with Gasteiger partial charge in [0, 0.05) is 19.3 Å². The summed E-state index contributed by atoms with van der Waals surface area (Å²) in [6.07, 6.45) is 1.79. The van der Waals surface area contributed by atoms with Crippen molar-refractivity contribution < 1.29 is 0 Å². The van der Waals surface area contributed by atoms with Crippen molar-refractivity contribution in [3.05, 3.63) is 62.9 Å². The highest BCUT2D eigenvalue weighted by Gasteiger charge is 2.04. The molecule has 1 aromatic carbocycles. The average molecular weight is 316 g/mol. The molecule has 1 aromatic heterocycles. The molecule has 0 aliphatic carbocycles. The molecule has 0 N–H and O–H groups in total. The molecular weight excluding hydrogens is 303 g/mol. The highest BCUT2D eigenvalue weighted by molar-refractivity contribution is 6.42. The molecule has 5 heteroatoms. The van der Waals surface area contributed by atoms with Gasteiger partial charge in [-0.25, -0.2) is 4.98 Å². The van der Waals surface area contributed by atoms with Crippen molar-refractivity contribution in [2.24, 2.45) is 0 Å². The molecule has 0 spiro atoms. The summed E-state index contributed by atoms with van der Waals surface area (Å²) in [6, 6.07) is 9.45. The maximum absolute atomic E-state index is 6.00. The third-order valence-electron chi connectivity index (χ3n) is 2.68. The molecule has 0 radical (unpaired) electrons. The Bertz CT molecular complexity index is 555. The van der Waals surface area contributed by atoms with Crippen LogP contribution in [-0.2, 0) is 13.1 Å². The Morgan fingerprint density at radius 3 is 2.26 bits per heavy atom. The molecule has 0 saturated heterocycles. The number of rotatable bonds is 4. The lowest BCUT2D eigenvalue weighted by molar-refractivity contribution is 0.319. The van der Waals surface area contributed by atoms with E-state index >= 15 is 0 Å². The van der Waals surface area contributed by atoms with Crippen molar-refractivity contribution in [1.29, 1.82) is 0 Å². The van der Waals surface area contributed by atoms with Crippen LogP contribution in [0.15, 0.2) is 36.5 Å². The molecule has 0 unspecified atom stereocenters. The Kier molecular flexibility index (Phi) is 5.06. The summed E-state index contributed by atoms with van der Waals surface area (Å²) >= 11 is 17.7. The van der Waals surface area contributed by atoms with Crippen LogP contribution < -0.4 is 0 Å². The Labute approximate surface area is 127 Å². The van der Waals surface area contributed by atoms with Crippen LogP contribution >= 0.6 is 34.8 Å². The monoisotopic (exact) mass is 314 g/mol. The van der Waals surface area contributed by atoms with Gasteiger partial charge >= 0.3 is 0 Å². The lowest BCUT2D eigenvalue weighted by Gasteiger charge is -2.17. The van der Waals surface area contributed by atoms with Crippen molar-refractivity contribution in [1.82, 2.24) is 9.88 Å². The van der Waals surface area contributed by atoms with E-state index in [-0.39, 0.29) is 0 Å². The van der Waals surface area contributed by atoms with Crippen molar-refractivity contribution >= 4 is 34.8 Å². The number of hydrogen-bond acceptors (Lipinski definition) is 2. The van der Waals surface area contributed by atoms with Crippen molar-refractivity contribution in [3.63, 3.8) is 0 Å². The van der Waals surface area contributed by atoms with E-state index in [4.69, 9.17) is 34.8 Å². The molecule has 0 aliphatic heterocycles. The summed E-state index contributed by atoms with van der Waals surface area (Å²) in [5.74, 6) is 0. The Hall–Kier alpha value is -0.800. The summed E-state index contributed by atoms with van der Waals surface area (Å²) in [4.78, 5) is 6.24. The molecule has 2 rings (SSSR count). The summed E-state index contributed by atoms with van der Waals surface area (Å²) in [7, 11) is 2.04. The predicted molar refractivity (Wildman–Crippen MR) is 80.9 cm³/mol. The molecule has 2 nitrogen and oxygen atoms in total. The molecule has 100 valence electrons. The Morgan fingerprint density at radius 2 is 1.63 bits per heavy atom. The minimum absolute atomic E-state index is 0.510. The first-order valence-corrected chi connectivity index (χ1v) is 6.91. The number of hydrogen-bond donors (Lipinski definition) is 0. The molecule has 0 aliphatic rings. The largest absolute Gasteiger partial charge is 0.298 e. The van der Waals surface area contributed by atoms with E-state index in [1.807, 2.05) is 31.3 Å². The first kappa shape index (κ1) is 14.6. The van der Waals surface area contributed by atoms with E-state index in [2.05, 4.69) is 9.88 Å². The minimum atomic E-state index is 0.510. The van der Waals surface area contributed by atoms with Crippen LogP contribution in [0.5, 0.6) is 0 Å². The zero-order chi connectivity index (χ0) is 13.8. The van der Waals surface area contributed by atoms with Gasteiger partial charge in [-0.2, -0.15) is 0 Å². The van der Waals surface area contributed by atoms with Gasteiger partial charge in [-0.1, -0.05) is 46.9 Å². The fourth-order valence-electron chi connectivity index (χ4n) is 1.82.